The van der Waals surface area contributed by atoms with E-state index in [0.29, 0.717) is 15.3 Å². The van der Waals surface area contributed by atoms with Crippen LogP contribution >= 0.6 is 22.9 Å². The van der Waals surface area contributed by atoms with E-state index in [1.807, 2.05) is 24.0 Å². The van der Waals surface area contributed by atoms with Crippen LogP contribution in [0, 0.1) is 0 Å². The minimum Gasteiger partial charge on any atom is -0.467 e. The van der Waals surface area contributed by atoms with Crippen molar-refractivity contribution in [2.24, 2.45) is 0 Å². The first-order chi connectivity index (χ1) is 9.16. The topological polar surface area (TPSA) is 33.5 Å². The highest BCUT2D eigenvalue weighted by molar-refractivity contribution is 7.17. The molecule has 0 radical (unpaired) electrons. The summed E-state index contributed by atoms with van der Waals surface area (Å²) in [5.74, 6) is 0.867. The lowest BCUT2D eigenvalue weighted by molar-refractivity contribution is 0.0658. The summed E-state index contributed by atoms with van der Waals surface area (Å²) in [6.07, 6.45) is 3.77. The van der Waals surface area contributed by atoms with Crippen molar-refractivity contribution in [1.29, 1.82) is 0 Å². The van der Waals surface area contributed by atoms with Gasteiger partial charge in [-0.1, -0.05) is 11.6 Å². The standard InChI is InChI=1S/C14H14ClNO2S/c1-9(11-3-2-8-18-11)16(10-4-5-10)14(17)12-6-7-13(15)19-12/h2-3,6-10H,4-5H2,1H3. The summed E-state index contributed by atoms with van der Waals surface area (Å²) in [6, 6.07) is 7.60. The summed E-state index contributed by atoms with van der Waals surface area (Å²) in [5.41, 5.74) is 0. The molecule has 5 heteroatoms. The second-order valence-electron chi connectivity index (χ2n) is 4.74. The number of carbonyl (C=O) groups excluding carboxylic acids is 1. The van der Waals surface area contributed by atoms with Crippen LogP contribution in [0.25, 0.3) is 0 Å². The maximum Gasteiger partial charge on any atom is 0.264 e. The fraction of sp³-hybridized carbons (Fsp3) is 0.357. The second-order valence-corrected chi connectivity index (χ2v) is 6.45. The van der Waals surface area contributed by atoms with E-state index in [-0.39, 0.29) is 11.9 Å². The number of hydrogen-bond donors (Lipinski definition) is 0. The van der Waals surface area contributed by atoms with E-state index in [9.17, 15) is 4.79 Å². The lowest BCUT2D eigenvalue weighted by Crippen LogP contribution is -2.34. The molecule has 0 saturated heterocycles. The second kappa shape index (κ2) is 5.02. The van der Waals surface area contributed by atoms with Gasteiger partial charge in [-0.15, -0.1) is 11.3 Å². The molecular formula is C14H14ClNO2S. The molecule has 1 fully saturated rings. The molecule has 19 heavy (non-hydrogen) atoms. The van der Waals surface area contributed by atoms with Crippen molar-refractivity contribution in [3.63, 3.8) is 0 Å². The lowest BCUT2D eigenvalue weighted by Gasteiger charge is -2.27. The van der Waals surface area contributed by atoms with Crippen LogP contribution in [-0.2, 0) is 0 Å². The summed E-state index contributed by atoms with van der Waals surface area (Å²) in [6.45, 7) is 2.00. The number of hydrogen-bond acceptors (Lipinski definition) is 3. The minimum absolute atomic E-state index is 0.0447. The third-order valence-electron chi connectivity index (χ3n) is 3.33. The molecule has 2 aromatic rings. The Hall–Kier alpha value is -1.26. The number of carbonyl (C=O) groups is 1. The molecule has 1 amide bonds. The van der Waals surface area contributed by atoms with E-state index in [1.54, 1.807) is 18.4 Å². The van der Waals surface area contributed by atoms with Crippen LogP contribution in [0.1, 0.15) is 41.2 Å². The highest BCUT2D eigenvalue weighted by Crippen LogP contribution is 2.37. The Balaban J connectivity index is 1.87. The number of amides is 1. The van der Waals surface area contributed by atoms with Gasteiger partial charge >= 0.3 is 0 Å². The van der Waals surface area contributed by atoms with Gasteiger partial charge in [0.2, 0.25) is 0 Å². The molecule has 1 unspecified atom stereocenters. The Bertz CT molecular complexity index is 574. The Morgan fingerprint density at radius 1 is 1.47 bits per heavy atom. The first-order valence-corrected chi connectivity index (χ1v) is 7.47. The van der Waals surface area contributed by atoms with Crippen molar-refractivity contribution in [3.05, 3.63) is 45.5 Å². The monoisotopic (exact) mass is 295 g/mol. The van der Waals surface area contributed by atoms with Crippen molar-refractivity contribution < 1.29 is 9.21 Å². The van der Waals surface area contributed by atoms with Gasteiger partial charge in [0.25, 0.3) is 5.91 Å². The highest BCUT2D eigenvalue weighted by atomic mass is 35.5. The Morgan fingerprint density at radius 3 is 2.79 bits per heavy atom. The zero-order chi connectivity index (χ0) is 13.4. The van der Waals surface area contributed by atoms with Crippen LogP contribution in [0.3, 0.4) is 0 Å². The third-order valence-corrected chi connectivity index (χ3v) is 4.55. The molecule has 0 N–H and O–H groups in total. The lowest BCUT2D eigenvalue weighted by atomic mass is 10.2. The number of halogens is 1. The van der Waals surface area contributed by atoms with Gasteiger partial charge in [-0.2, -0.15) is 0 Å². The molecule has 0 bridgehead atoms. The quantitative estimate of drug-likeness (QED) is 0.839. The molecule has 1 atom stereocenters. The zero-order valence-corrected chi connectivity index (χ0v) is 12.1. The number of nitrogens with zero attached hydrogens (tertiary/aromatic N) is 1. The van der Waals surface area contributed by atoms with Crippen molar-refractivity contribution >= 4 is 28.8 Å². The summed E-state index contributed by atoms with van der Waals surface area (Å²) >= 11 is 7.24. The van der Waals surface area contributed by atoms with E-state index in [4.69, 9.17) is 16.0 Å². The molecule has 1 aliphatic carbocycles. The first-order valence-electron chi connectivity index (χ1n) is 6.28. The molecule has 3 rings (SSSR count). The molecule has 2 aromatic heterocycles. The van der Waals surface area contributed by atoms with Crippen LogP contribution in [0.4, 0.5) is 0 Å². The molecule has 2 heterocycles. The maximum atomic E-state index is 12.6. The predicted octanol–water partition coefficient (Wildman–Crippen LogP) is 4.36. The number of furan rings is 1. The van der Waals surface area contributed by atoms with E-state index in [1.165, 1.54) is 11.3 Å². The zero-order valence-electron chi connectivity index (χ0n) is 10.5. The van der Waals surface area contributed by atoms with Crippen LogP contribution < -0.4 is 0 Å². The fourth-order valence-corrected chi connectivity index (χ4v) is 3.22. The van der Waals surface area contributed by atoms with Crippen LogP contribution in [0.15, 0.2) is 34.9 Å². The van der Waals surface area contributed by atoms with Crippen molar-refractivity contribution in [2.75, 3.05) is 0 Å². The number of thiophene rings is 1. The average molecular weight is 296 g/mol. The van der Waals surface area contributed by atoms with E-state index >= 15 is 0 Å². The molecular weight excluding hydrogens is 282 g/mol. The fourth-order valence-electron chi connectivity index (χ4n) is 2.23. The van der Waals surface area contributed by atoms with Crippen molar-refractivity contribution in [3.8, 4) is 0 Å². The molecule has 0 spiro atoms. The molecule has 3 nitrogen and oxygen atoms in total. The van der Waals surface area contributed by atoms with Crippen LogP contribution in [0.2, 0.25) is 4.34 Å². The highest BCUT2D eigenvalue weighted by Gasteiger charge is 2.38. The van der Waals surface area contributed by atoms with Gasteiger partial charge in [0.15, 0.2) is 0 Å². The summed E-state index contributed by atoms with van der Waals surface area (Å²) in [7, 11) is 0. The Kier molecular flexibility index (Phi) is 3.37. The predicted molar refractivity (Wildman–Crippen MR) is 75.6 cm³/mol. The van der Waals surface area contributed by atoms with Gasteiger partial charge < -0.3 is 9.32 Å². The molecule has 100 valence electrons. The smallest absolute Gasteiger partial charge is 0.264 e. The third kappa shape index (κ3) is 2.55. The van der Waals surface area contributed by atoms with Gasteiger partial charge in [0.1, 0.15) is 5.76 Å². The van der Waals surface area contributed by atoms with E-state index in [0.717, 1.165) is 18.6 Å². The van der Waals surface area contributed by atoms with Gasteiger partial charge in [0.05, 0.1) is 21.5 Å². The average Bonchev–Trinajstić information content (AvgIpc) is 2.93. The summed E-state index contributed by atoms with van der Waals surface area (Å²) < 4.78 is 6.07. The molecule has 0 aromatic carbocycles. The van der Waals surface area contributed by atoms with Gasteiger partial charge in [-0.05, 0) is 44.0 Å². The Morgan fingerprint density at radius 2 is 2.26 bits per heavy atom. The molecule has 1 saturated carbocycles. The largest absolute Gasteiger partial charge is 0.467 e. The van der Waals surface area contributed by atoms with Gasteiger partial charge in [0, 0.05) is 6.04 Å². The Labute approximate surface area is 120 Å². The van der Waals surface area contributed by atoms with Crippen molar-refractivity contribution in [2.45, 2.75) is 31.8 Å². The SMILES string of the molecule is CC(c1ccco1)N(C(=O)c1ccc(Cl)s1)C1CC1. The molecule has 0 aliphatic heterocycles. The van der Waals surface area contributed by atoms with E-state index in [2.05, 4.69) is 0 Å². The van der Waals surface area contributed by atoms with Gasteiger partial charge in [-0.3, -0.25) is 4.79 Å². The van der Waals surface area contributed by atoms with Gasteiger partial charge in [-0.25, -0.2) is 0 Å². The minimum atomic E-state index is -0.0455. The maximum absolute atomic E-state index is 12.6. The van der Waals surface area contributed by atoms with E-state index < -0.39 is 0 Å². The first kappa shape index (κ1) is 12.8. The normalized spacial score (nSPS) is 16.3. The van der Waals surface area contributed by atoms with Crippen molar-refractivity contribution in [1.82, 2.24) is 4.90 Å². The van der Waals surface area contributed by atoms with Crippen LogP contribution in [0.5, 0.6) is 0 Å². The van der Waals surface area contributed by atoms with Crippen LogP contribution in [-0.4, -0.2) is 16.8 Å². The number of rotatable bonds is 4. The summed E-state index contributed by atoms with van der Waals surface area (Å²) in [5, 5.41) is 0. The summed E-state index contributed by atoms with van der Waals surface area (Å²) in [4.78, 5) is 15.2. The molecule has 1 aliphatic rings.